The lowest BCUT2D eigenvalue weighted by atomic mass is 10.1. The van der Waals surface area contributed by atoms with Gasteiger partial charge in [0.15, 0.2) is 0 Å². The number of nitrogens with two attached hydrogens (primary N) is 1. The third-order valence-corrected chi connectivity index (χ3v) is 4.51. The SMILES string of the molecule is NCCc1cn(CC2CCCC2)c2cc(Cl)ccc12. The maximum Gasteiger partial charge on any atom is 0.0498 e. The van der Waals surface area contributed by atoms with Gasteiger partial charge in [0.05, 0.1) is 0 Å². The number of fused-ring (bicyclic) bond motifs is 1. The molecule has 3 heteroatoms. The molecule has 1 aliphatic rings. The van der Waals surface area contributed by atoms with Gasteiger partial charge >= 0.3 is 0 Å². The summed E-state index contributed by atoms with van der Waals surface area (Å²) in [4.78, 5) is 0. The molecule has 102 valence electrons. The van der Waals surface area contributed by atoms with Crippen LogP contribution < -0.4 is 5.73 Å². The van der Waals surface area contributed by atoms with E-state index in [1.54, 1.807) is 0 Å². The molecule has 0 saturated heterocycles. The van der Waals surface area contributed by atoms with Crippen molar-refractivity contribution >= 4 is 22.5 Å². The van der Waals surface area contributed by atoms with Crippen molar-refractivity contribution in [2.45, 2.75) is 38.6 Å². The van der Waals surface area contributed by atoms with Crippen LogP contribution >= 0.6 is 11.6 Å². The van der Waals surface area contributed by atoms with Crippen LogP contribution in [0.1, 0.15) is 31.2 Å². The Morgan fingerprint density at radius 1 is 1.26 bits per heavy atom. The van der Waals surface area contributed by atoms with Crippen LogP contribution in [0.2, 0.25) is 5.02 Å². The van der Waals surface area contributed by atoms with Crippen molar-refractivity contribution in [2.75, 3.05) is 6.54 Å². The molecule has 1 fully saturated rings. The summed E-state index contributed by atoms with van der Waals surface area (Å²) in [5.41, 5.74) is 8.34. The molecule has 1 saturated carbocycles. The fourth-order valence-electron chi connectivity index (χ4n) is 3.32. The summed E-state index contributed by atoms with van der Waals surface area (Å²) in [6.07, 6.45) is 8.74. The molecule has 2 nitrogen and oxygen atoms in total. The maximum atomic E-state index is 6.16. The van der Waals surface area contributed by atoms with E-state index in [0.717, 1.165) is 23.9 Å². The van der Waals surface area contributed by atoms with Gasteiger partial charge in [-0.25, -0.2) is 0 Å². The Labute approximate surface area is 119 Å². The molecule has 2 aromatic rings. The summed E-state index contributed by atoms with van der Waals surface area (Å²) < 4.78 is 2.39. The van der Waals surface area contributed by atoms with E-state index in [9.17, 15) is 0 Å². The first-order chi connectivity index (χ1) is 9.28. The molecule has 1 aromatic heterocycles. The van der Waals surface area contributed by atoms with E-state index in [2.05, 4.69) is 22.9 Å². The largest absolute Gasteiger partial charge is 0.347 e. The molecule has 0 unspecified atom stereocenters. The van der Waals surface area contributed by atoms with E-state index in [-0.39, 0.29) is 0 Å². The molecule has 0 radical (unpaired) electrons. The predicted molar refractivity (Wildman–Crippen MR) is 81.7 cm³/mol. The predicted octanol–water partition coefficient (Wildman–Crippen LogP) is 3.99. The van der Waals surface area contributed by atoms with Crippen LogP contribution in [0.15, 0.2) is 24.4 Å². The lowest BCUT2D eigenvalue weighted by molar-refractivity contribution is 0.465. The Bertz CT molecular complexity index is 567. The van der Waals surface area contributed by atoms with Gasteiger partial charge in [-0.3, -0.25) is 0 Å². The average molecular weight is 277 g/mol. The highest BCUT2D eigenvalue weighted by molar-refractivity contribution is 6.31. The quantitative estimate of drug-likeness (QED) is 0.899. The number of benzene rings is 1. The van der Waals surface area contributed by atoms with Crippen molar-refractivity contribution in [1.29, 1.82) is 0 Å². The van der Waals surface area contributed by atoms with Crippen molar-refractivity contribution < 1.29 is 0 Å². The summed E-state index contributed by atoms with van der Waals surface area (Å²) in [5, 5.41) is 2.13. The van der Waals surface area contributed by atoms with E-state index in [1.165, 1.54) is 42.1 Å². The average Bonchev–Trinajstić information content (AvgIpc) is 3.00. The summed E-state index contributed by atoms with van der Waals surface area (Å²) in [5.74, 6) is 0.834. The molecule has 2 N–H and O–H groups in total. The van der Waals surface area contributed by atoms with Gasteiger partial charge in [0.2, 0.25) is 0 Å². The normalized spacial score (nSPS) is 16.5. The minimum Gasteiger partial charge on any atom is -0.347 e. The van der Waals surface area contributed by atoms with Crippen LogP contribution in [0.5, 0.6) is 0 Å². The van der Waals surface area contributed by atoms with E-state index in [0.29, 0.717) is 6.54 Å². The first kappa shape index (κ1) is 13.0. The second-order valence-corrected chi connectivity index (χ2v) is 6.09. The Hall–Kier alpha value is -0.990. The number of rotatable bonds is 4. The Balaban J connectivity index is 1.99. The number of nitrogens with zero attached hydrogens (tertiary/aromatic N) is 1. The van der Waals surface area contributed by atoms with Gasteiger partial charge in [0.1, 0.15) is 0 Å². The molecule has 19 heavy (non-hydrogen) atoms. The highest BCUT2D eigenvalue weighted by Gasteiger charge is 2.17. The second-order valence-electron chi connectivity index (χ2n) is 5.66. The molecule has 3 rings (SSSR count). The highest BCUT2D eigenvalue weighted by atomic mass is 35.5. The third-order valence-electron chi connectivity index (χ3n) is 4.27. The zero-order valence-electron chi connectivity index (χ0n) is 11.2. The van der Waals surface area contributed by atoms with Crippen LogP contribution in [0.4, 0.5) is 0 Å². The molecular weight excluding hydrogens is 256 g/mol. The zero-order chi connectivity index (χ0) is 13.2. The number of hydrogen-bond acceptors (Lipinski definition) is 1. The lowest BCUT2D eigenvalue weighted by Crippen LogP contribution is -2.06. The standard InChI is InChI=1S/C16H21ClN2/c17-14-5-6-15-13(7-8-18)11-19(16(15)9-14)10-12-3-1-2-4-12/h5-6,9,11-12H,1-4,7-8,10,18H2. The van der Waals surface area contributed by atoms with Gasteiger partial charge in [0.25, 0.3) is 0 Å². The van der Waals surface area contributed by atoms with Crippen molar-refractivity contribution in [3.8, 4) is 0 Å². The monoisotopic (exact) mass is 276 g/mol. The van der Waals surface area contributed by atoms with Crippen LogP contribution in [0.25, 0.3) is 10.9 Å². The first-order valence-electron chi connectivity index (χ1n) is 7.25. The Morgan fingerprint density at radius 2 is 2.05 bits per heavy atom. The van der Waals surface area contributed by atoms with Gasteiger partial charge < -0.3 is 10.3 Å². The molecule has 1 aromatic carbocycles. The molecule has 0 aliphatic heterocycles. The van der Waals surface area contributed by atoms with Crippen LogP contribution in [-0.4, -0.2) is 11.1 Å². The van der Waals surface area contributed by atoms with Crippen molar-refractivity contribution in [3.05, 3.63) is 35.0 Å². The molecular formula is C16H21ClN2. The summed E-state index contributed by atoms with van der Waals surface area (Å²) in [7, 11) is 0. The molecule has 1 heterocycles. The second kappa shape index (κ2) is 5.56. The van der Waals surface area contributed by atoms with Crippen molar-refractivity contribution in [3.63, 3.8) is 0 Å². The highest BCUT2D eigenvalue weighted by Crippen LogP contribution is 2.30. The van der Waals surface area contributed by atoms with Crippen LogP contribution in [0, 0.1) is 5.92 Å². The van der Waals surface area contributed by atoms with Crippen molar-refractivity contribution in [1.82, 2.24) is 4.57 Å². The number of hydrogen-bond donors (Lipinski definition) is 1. The smallest absolute Gasteiger partial charge is 0.0498 e. The molecule has 0 spiro atoms. The van der Waals surface area contributed by atoms with Gasteiger partial charge in [0, 0.05) is 28.7 Å². The third kappa shape index (κ3) is 2.65. The minimum atomic E-state index is 0.700. The minimum absolute atomic E-state index is 0.700. The van der Waals surface area contributed by atoms with E-state index < -0.39 is 0 Å². The van der Waals surface area contributed by atoms with Crippen molar-refractivity contribution in [2.24, 2.45) is 11.7 Å². The van der Waals surface area contributed by atoms with Gasteiger partial charge in [-0.2, -0.15) is 0 Å². The fraction of sp³-hybridized carbons (Fsp3) is 0.500. The van der Waals surface area contributed by atoms with Crippen LogP contribution in [-0.2, 0) is 13.0 Å². The van der Waals surface area contributed by atoms with Gasteiger partial charge in [-0.15, -0.1) is 0 Å². The van der Waals surface area contributed by atoms with E-state index >= 15 is 0 Å². The molecule has 1 aliphatic carbocycles. The summed E-state index contributed by atoms with van der Waals surface area (Å²) >= 11 is 6.16. The van der Waals surface area contributed by atoms with E-state index in [4.69, 9.17) is 17.3 Å². The lowest BCUT2D eigenvalue weighted by Gasteiger charge is -2.11. The topological polar surface area (TPSA) is 30.9 Å². The fourth-order valence-corrected chi connectivity index (χ4v) is 3.48. The Kier molecular flexibility index (Phi) is 3.81. The van der Waals surface area contributed by atoms with Gasteiger partial charge in [-0.05, 0) is 49.4 Å². The number of aromatic nitrogens is 1. The zero-order valence-corrected chi connectivity index (χ0v) is 12.0. The molecule has 0 amide bonds. The number of halogens is 1. The first-order valence-corrected chi connectivity index (χ1v) is 7.63. The summed E-state index contributed by atoms with van der Waals surface area (Å²) in [6.45, 7) is 1.83. The maximum absolute atomic E-state index is 6.16. The van der Waals surface area contributed by atoms with E-state index in [1.807, 2.05) is 6.07 Å². The molecule has 0 atom stereocenters. The van der Waals surface area contributed by atoms with Gasteiger partial charge in [-0.1, -0.05) is 30.5 Å². The van der Waals surface area contributed by atoms with Crippen LogP contribution in [0.3, 0.4) is 0 Å². The molecule has 0 bridgehead atoms. The summed E-state index contributed by atoms with van der Waals surface area (Å²) in [6, 6.07) is 6.20. The Morgan fingerprint density at radius 3 is 2.79 bits per heavy atom.